The fourth-order valence-electron chi connectivity index (χ4n) is 11.0. The second-order valence-corrected chi connectivity index (χ2v) is 18.8. The number of hydrogen-bond acceptors (Lipinski definition) is 6. The average molecular weight is 747 g/mol. The van der Waals surface area contributed by atoms with E-state index in [0.717, 1.165) is 64.2 Å². The number of rotatable bonds is 33. The van der Waals surface area contributed by atoms with Gasteiger partial charge in [0.15, 0.2) is 0 Å². The minimum atomic E-state index is -0.00157. The standard InChI is InChI=1S/C47H86O6/c1-7-11-15-22-40(23-16-12-8-2)32-43(49)52-30-20-27-46(6)35-42-34-45(5,26-19-29-51-39-48)37-47(36-42,38-46)28-21-31-53-44(50)33-41(24-17-13-9-3)25-18-14-10-4/h39-42H,7-38H2,1-6H3. The molecular weight excluding hydrogens is 661 g/mol. The number of fused-ring (bicyclic) bond motifs is 2. The molecule has 2 fully saturated rings. The Morgan fingerprint density at radius 3 is 1.36 bits per heavy atom. The van der Waals surface area contributed by atoms with E-state index in [-0.39, 0.29) is 28.2 Å². The molecule has 0 amide bonds. The number of carbonyl (C=O) groups excluding carboxylic acids is 3. The maximum atomic E-state index is 13.0. The van der Waals surface area contributed by atoms with Crippen molar-refractivity contribution in [3.63, 3.8) is 0 Å². The first-order chi connectivity index (χ1) is 25.5. The molecule has 2 aliphatic rings. The van der Waals surface area contributed by atoms with Gasteiger partial charge in [-0.1, -0.05) is 119 Å². The Morgan fingerprint density at radius 2 is 0.962 bits per heavy atom. The first-order valence-corrected chi connectivity index (χ1v) is 22.9. The van der Waals surface area contributed by atoms with Crippen LogP contribution in [0, 0.1) is 34.0 Å². The number of carbonyl (C=O) groups is 3. The minimum Gasteiger partial charge on any atom is -0.468 e. The van der Waals surface area contributed by atoms with Crippen LogP contribution in [-0.2, 0) is 28.6 Å². The van der Waals surface area contributed by atoms with Crippen molar-refractivity contribution in [1.29, 1.82) is 0 Å². The largest absolute Gasteiger partial charge is 0.468 e. The molecule has 2 rings (SSSR count). The third kappa shape index (κ3) is 20.2. The zero-order chi connectivity index (χ0) is 38.8. The Morgan fingerprint density at radius 1 is 0.566 bits per heavy atom. The van der Waals surface area contributed by atoms with E-state index in [2.05, 4.69) is 41.5 Å². The molecule has 0 aromatic heterocycles. The van der Waals surface area contributed by atoms with Crippen LogP contribution in [0.1, 0.15) is 228 Å². The van der Waals surface area contributed by atoms with E-state index in [0.29, 0.717) is 56.9 Å². The van der Waals surface area contributed by atoms with E-state index in [4.69, 9.17) is 14.2 Å². The lowest BCUT2D eigenvalue weighted by molar-refractivity contribution is -0.146. The highest BCUT2D eigenvalue weighted by atomic mass is 16.5. The lowest BCUT2D eigenvalue weighted by atomic mass is 9.47. The highest BCUT2D eigenvalue weighted by molar-refractivity contribution is 5.70. The Bertz CT molecular complexity index is 960. The maximum Gasteiger partial charge on any atom is 0.306 e. The quantitative estimate of drug-likeness (QED) is 0.0288. The first kappa shape index (κ1) is 47.6. The van der Waals surface area contributed by atoms with Crippen molar-refractivity contribution in [2.75, 3.05) is 19.8 Å². The van der Waals surface area contributed by atoms with Gasteiger partial charge in [0, 0.05) is 12.8 Å². The SMILES string of the molecule is CCCCCC(CCCCC)CC(=O)OCCCC1(C)CC2CC(C)(CCCOC=O)CC(CCCOC(=O)CC(CCCCC)CCCCC)(C2)C1. The monoisotopic (exact) mass is 747 g/mol. The number of unbranched alkanes of at least 4 members (excludes halogenated alkanes) is 8. The molecule has 0 radical (unpaired) electrons. The van der Waals surface area contributed by atoms with E-state index >= 15 is 0 Å². The molecule has 0 aromatic carbocycles. The van der Waals surface area contributed by atoms with Crippen molar-refractivity contribution >= 4 is 18.4 Å². The smallest absolute Gasteiger partial charge is 0.306 e. The topological polar surface area (TPSA) is 78.9 Å². The summed E-state index contributed by atoms with van der Waals surface area (Å²) in [6.45, 7) is 16.1. The summed E-state index contributed by atoms with van der Waals surface area (Å²) in [5, 5.41) is 0. The van der Waals surface area contributed by atoms with Crippen molar-refractivity contribution in [1.82, 2.24) is 0 Å². The van der Waals surface area contributed by atoms with E-state index < -0.39 is 0 Å². The van der Waals surface area contributed by atoms with Crippen LogP contribution in [-0.4, -0.2) is 38.2 Å². The summed E-state index contributed by atoms with van der Waals surface area (Å²) in [7, 11) is 0. The molecule has 6 nitrogen and oxygen atoms in total. The molecule has 2 bridgehead atoms. The summed E-state index contributed by atoms with van der Waals surface area (Å²) in [6.07, 6.45) is 32.6. The Balaban J connectivity index is 1.97. The minimum absolute atomic E-state index is 0.00157. The van der Waals surface area contributed by atoms with Crippen LogP contribution in [0.3, 0.4) is 0 Å². The third-order valence-corrected chi connectivity index (χ3v) is 13.1. The van der Waals surface area contributed by atoms with E-state index in [1.165, 1.54) is 109 Å². The van der Waals surface area contributed by atoms with Crippen molar-refractivity contribution in [2.45, 2.75) is 228 Å². The predicted octanol–water partition coefficient (Wildman–Crippen LogP) is 13.5. The van der Waals surface area contributed by atoms with Crippen molar-refractivity contribution in [2.24, 2.45) is 34.0 Å². The fourth-order valence-corrected chi connectivity index (χ4v) is 11.0. The van der Waals surface area contributed by atoms with Gasteiger partial charge in [-0.15, -0.1) is 0 Å². The lowest BCUT2D eigenvalue weighted by Crippen LogP contribution is -2.47. The highest BCUT2D eigenvalue weighted by Gasteiger charge is 2.52. The summed E-state index contributed by atoms with van der Waals surface area (Å²) in [5.74, 6) is 1.59. The van der Waals surface area contributed by atoms with Gasteiger partial charge in [0.2, 0.25) is 0 Å². The summed E-state index contributed by atoms with van der Waals surface area (Å²) < 4.78 is 16.9. The van der Waals surface area contributed by atoms with Gasteiger partial charge in [-0.05, 0) is 130 Å². The summed E-state index contributed by atoms with van der Waals surface area (Å²) in [5.41, 5.74) is 0.686. The molecule has 0 N–H and O–H groups in total. The van der Waals surface area contributed by atoms with Gasteiger partial charge in [0.1, 0.15) is 0 Å². The molecule has 2 aliphatic carbocycles. The second-order valence-electron chi connectivity index (χ2n) is 18.8. The van der Waals surface area contributed by atoms with Gasteiger partial charge < -0.3 is 14.2 Å². The Labute approximate surface area is 327 Å². The van der Waals surface area contributed by atoms with Gasteiger partial charge in [-0.25, -0.2) is 0 Å². The van der Waals surface area contributed by atoms with Crippen LogP contribution in [0.5, 0.6) is 0 Å². The zero-order valence-corrected chi connectivity index (χ0v) is 35.9. The number of ether oxygens (including phenoxy) is 3. The van der Waals surface area contributed by atoms with Crippen molar-refractivity contribution in [3.05, 3.63) is 0 Å². The molecule has 0 saturated heterocycles. The summed E-state index contributed by atoms with van der Waals surface area (Å²) in [4.78, 5) is 36.8. The molecule has 4 unspecified atom stereocenters. The zero-order valence-electron chi connectivity index (χ0n) is 35.9. The van der Waals surface area contributed by atoms with E-state index in [1.807, 2.05) is 0 Å². The lowest BCUT2D eigenvalue weighted by Gasteiger charge is -2.58. The molecule has 0 spiro atoms. The molecular formula is C47H86O6. The normalized spacial score (nSPS) is 24.0. The van der Waals surface area contributed by atoms with Crippen LogP contribution >= 0.6 is 0 Å². The Kier molecular flexibility index (Phi) is 24.3. The number of esters is 2. The fraction of sp³-hybridized carbons (Fsp3) is 0.936. The van der Waals surface area contributed by atoms with Crippen LogP contribution in [0.4, 0.5) is 0 Å². The molecule has 0 heterocycles. The molecule has 53 heavy (non-hydrogen) atoms. The number of hydrogen-bond donors (Lipinski definition) is 0. The molecule has 2 saturated carbocycles. The third-order valence-electron chi connectivity index (χ3n) is 13.1. The average Bonchev–Trinajstić information content (AvgIpc) is 3.10. The van der Waals surface area contributed by atoms with Gasteiger partial charge in [-0.3, -0.25) is 14.4 Å². The van der Waals surface area contributed by atoms with Crippen molar-refractivity contribution < 1.29 is 28.6 Å². The van der Waals surface area contributed by atoms with E-state index in [1.54, 1.807) is 0 Å². The van der Waals surface area contributed by atoms with Crippen LogP contribution in [0.25, 0.3) is 0 Å². The summed E-state index contributed by atoms with van der Waals surface area (Å²) in [6, 6.07) is 0. The molecule has 0 aromatic rings. The van der Waals surface area contributed by atoms with Gasteiger partial charge >= 0.3 is 11.9 Å². The van der Waals surface area contributed by atoms with Gasteiger partial charge in [0.25, 0.3) is 6.47 Å². The van der Waals surface area contributed by atoms with E-state index in [9.17, 15) is 14.4 Å². The van der Waals surface area contributed by atoms with Crippen molar-refractivity contribution in [3.8, 4) is 0 Å². The van der Waals surface area contributed by atoms with Crippen LogP contribution < -0.4 is 0 Å². The maximum absolute atomic E-state index is 13.0. The Hall–Kier alpha value is -1.59. The first-order valence-electron chi connectivity index (χ1n) is 22.9. The van der Waals surface area contributed by atoms with Crippen LogP contribution in [0.2, 0.25) is 0 Å². The van der Waals surface area contributed by atoms with Gasteiger partial charge in [0.05, 0.1) is 19.8 Å². The van der Waals surface area contributed by atoms with Gasteiger partial charge in [-0.2, -0.15) is 0 Å². The van der Waals surface area contributed by atoms with Crippen LogP contribution in [0.15, 0.2) is 0 Å². The summed E-state index contributed by atoms with van der Waals surface area (Å²) >= 11 is 0. The molecule has 0 aliphatic heterocycles. The predicted molar refractivity (Wildman–Crippen MR) is 220 cm³/mol. The molecule has 4 atom stereocenters. The second kappa shape index (κ2) is 27.1. The molecule has 6 heteroatoms. The molecule has 310 valence electrons. The highest BCUT2D eigenvalue weighted by Crippen LogP contribution is 2.64.